The lowest BCUT2D eigenvalue weighted by Crippen LogP contribution is -1.99. The predicted octanol–water partition coefficient (Wildman–Crippen LogP) is 3.70. The largest absolute Gasteiger partial charge is 0.330 e. The summed E-state index contributed by atoms with van der Waals surface area (Å²) in [7, 11) is 0. The van der Waals surface area contributed by atoms with Gasteiger partial charge < -0.3 is 5.73 Å². The molecule has 1 heterocycles. The minimum absolute atomic E-state index is 0.776. The van der Waals surface area contributed by atoms with Crippen LogP contribution in [-0.2, 0) is 5.75 Å². The molecule has 96 valence electrons. The van der Waals surface area contributed by atoms with Crippen LogP contribution in [-0.4, -0.2) is 17.3 Å². The molecule has 0 aliphatic rings. The maximum atomic E-state index is 5.47. The zero-order valence-corrected chi connectivity index (χ0v) is 12.2. The van der Waals surface area contributed by atoms with Crippen molar-refractivity contribution in [3.63, 3.8) is 0 Å². The Balaban J connectivity index is 1.95. The van der Waals surface area contributed by atoms with Gasteiger partial charge in [0, 0.05) is 16.7 Å². The zero-order chi connectivity index (χ0) is 12.8. The fourth-order valence-electron chi connectivity index (χ4n) is 1.56. The van der Waals surface area contributed by atoms with Crippen molar-refractivity contribution in [2.45, 2.75) is 19.1 Å². The highest BCUT2D eigenvalue weighted by atomic mass is 32.2. The number of nitrogens with two attached hydrogens (primary N) is 1. The van der Waals surface area contributed by atoms with Crippen LogP contribution in [0, 0.1) is 6.92 Å². The number of benzene rings is 1. The number of thioether (sulfide) groups is 1. The van der Waals surface area contributed by atoms with Gasteiger partial charge in [0.15, 0.2) is 0 Å². The molecule has 0 aliphatic carbocycles. The first kappa shape index (κ1) is 13.6. The molecule has 0 bridgehead atoms. The normalized spacial score (nSPS) is 10.8. The molecule has 1 aromatic heterocycles. The minimum atomic E-state index is 0.776. The van der Waals surface area contributed by atoms with Crippen LogP contribution in [0.25, 0.3) is 10.6 Å². The second-order valence-electron chi connectivity index (χ2n) is 4.20. The second kappa shape index (κ2) is 6.92. The lowest BCUT2D eigenvalue weighted by atomic mass is 10.2. The van der Waals surface area contributed by atoms with Crippen LogP contribution in [0.2, 0.25) is 0 Å². The molecule has 0 radical (unpaired) electrons. The number of aryl methyl sites for hydroxylation is 1. The topological polar surface area (TPSA) is 38.9 Å². The van der Waals surface area contributed by atoms with E-state index in [2.05, 4.69) is 41.6 Å². The van der Waals surface area contributed by atoms with Crippen LogP contribution in [0.3, 0.4) is 0 Å². The first-order valence-electron chi connectivity index (χ1n) is 6.09. The molecule has 2 rings (SSSR count). The van der Waals surface area contributed by atoms with Gasteiger partial charge in [-0.25, -0.2) is 4.98 Å². The fourth-order valence-corrected chi connectivity index (χ4v) is 3.37. The van der Waals surface area contributed by atoms with Gasteiger partial charge in [-0.05, 0) is 25.6 Å². The van der Waals surface area contributed by atoms with Crippen LogP contribution >= 0.6 is 23.1 Å². The summed E-state index contributed by atoms with van der Waals surface area (Å²) < 4.78 is 0. The third-order valence-electron chi connectivity index (χ3n) is 2.59. The minimum Gasteiger partial charge on any atom is -0.330 e. The number of thiazole rings is 1. The number of nitrogens with zero attached hydrogens (tertiary/aromatic N) is 1. The maximum Gasteiger partial charge on any atom is 0.123 e. The quantitative estimate of drug-likeness (QED) is 0.819. The summed E-state index contributed by atoms with van der Waals surface area (Å²) in [5.74, 6) is 2.11. The van der Waals surface area contributed by atoms with E-state index in [-0.39, 0.29) is 0 Å². The van der Waals surface area contributed by atoms with Crippen molar-refractivity contribution in [2.24, 2.45) is 5.73 Å². The molecule has 0 saturated heterocycles. The van der Waals surface area contributed by atoms with Gasteiger partial charge in [-0.2, -0.15) is 11.8 Å². The van der Waals surface area contributed by atoms with Crippen LogP contribution < -0.4 is 5.73 Å². The smallest absolute Gasteiger partial charge is 0.123 e. The van der Waals surface area contributed by atoms with Crippen molar-refractivity contribution in [3.05, 3.63) is 40.9 Å². The van der Waals surface area contributed by atoms with Crippen molar-refractivity contribution in [2.75, 3.05) is 12.3 Å². The van der Waals surface area contributed by atoms with E-state index in [4.69, 9.17) is 5.73 Å². The zero-order valence-electron chi connectivity index (χ0n) is 10.6. The molecule has 1 aromatic carbocycles. The molecule has 2 N–H and O–H groups in total. The Labute approximate surface area is 117 Å². The van der Waals surface area contributed by atoms with Crippen LogP contribution in [0.15, 0.2) is 29.6 Å². The number of aromatic nitrogens is 1. The fraction of sp³-hybridized carbons (Fsp3) is 0.357. The third-order valence-corrected chi connectivity index (χ3v) is 4.61. The first-order chi connectivity index (χ1) is 8.79. The van der Waals surface area contributed by atoms with Crippen molar-refractivity contribution in [1.82, 2.24) is 4.98 Å². The highest BCUT2D eigenvalue weighted by molar-refractivity contribution is 7.98. The van der Waals surface area contributed by atoms with E-state index in [9.17, 15) is 0 Å². The summed E-state index contributed by atoms with van der Waals surface area (Å²) >= 11 is 3.63. The SMILES string of the molecule is Cc1ccc(-c2nc(CSCCCN)cs2)cc1. The van der Waals surface area contributed by atoms with Crippen molar-refractivity contribution < 1.29 is 0 Å². The molecule has 2 aromatic rings. The van der Waals surface area contributed by atoms with Crippen LogP contribution in [0.4, 0.5) is 0 Å². The van der Waals surface area contributed by atoms with E-state index in [1.165, 1.54) is 16.8 Å². The highest BCUT2D eigenvalue weighted by Crippen LogP contribution is 2.25. The molecule has 0 amide bonds. The molecule has 2 nitrogen and oxygen atoms in total. The van der Waals surface area contributed by atoms with Crippen LogP contribution in [0.5, 0.6) is 0 Å². The lowest BCUT2D eigenvalue weighted by molar-refractivity contribution is 0.942. The van der Waals surface area contributed by atoms with Gasteiger partial charge in [0.25, 0.3) is 0 Å². The summed E-state index contributed by atoms with van der Waals surface area (Å²) in [5, 5.41) is 3.27. The Morgan fingerprint density at radius 3 is 2.78 bits per heavy atom. The number of hydrogen-bond donors (Lipinski definition) is 1. The Hall–Kier alpha value is -0.840. The molecular weight excluding hydrogens is 260 g/mol. The molecule has 0 unspecified atom stereocenters. The number of rotatable bonds is 6. The predicted molar refractivity (Wildman–Crippen MR) is 82.1 cm³/mol. The van der Waals surface area contributed by atoms with Gasteiger partial charge in [0.2, 0.25) is 0 Å². The molecule has 4 heteroatoms. The molecule has 0 aliphatic heterocycles. The van der Waals surface area contributed by atoms with E-state index in [0.29, 0.717) is 0 Å². The van der Waals surface area contributed by atoms with Crippen molar-refractivity contribution in [1.29, 1.82) is 0 Å². The summed E-state index contributed by atoms with van der Waals surface area (Å²) in [6.07, 6.45) is 1.08. The first-order valence-corrected chi connectivity index (χ1v) is 8.12. The van der Waals surface area contributed by atoms with E-state index < -0.39 is 0 Å². The van der Waals surface area contributed by atoms with Gasteiger partial charge in [-0.3, -0.25) is 0 Å². The van der Waals surface area contributed by atoms with Gasteiger partial charge in [-0.15, -0.1) is 11.3 Å². The third kappa shape index (κ3) is 3.83. The highest BCUT2D eigenvalue weighted by Gasteiger charge is 2.04. The van der Waals surface area contributed by atoms with E-state index in [1.54, 1.807) is 11.3 Å². The Morgan fingerprint density at radius 2 is 2.06 bits per heavy atom. The van der Waals surface area contributed by atoms with E-state index >= 15 is 0 Å². The maximum absolute atomic E-state index is 5.47. The molecule has 0 spiro atoms. The summed E-state index contributed by atoms with van der Waals surface area (Å²) in [5.41, 5.74) is 9.15. The second-order valence-corrected chi connectivity index (χ2v) is 6.17. The Kier molecular flexibility index (Phi) is 5.23. The van der Waals surface area contributed by atoms with Crippen molar-refractivity contribution in [3.8, 4) is 10.6 Å². The molecule has 0 fully saturated rings. The van der Waals surface area contributed by atoms with E-state index in [1.807, 2.05) is 11.8 Å². The molecule has 0 saturated carbocycles. The molecule has 0 atom stereocenters. The van der Waals surface area contributed by atoms with Gasteiger partial charge in [0.1, 0.15) is 5.01 Å². The average Bonchev–Trinajstić information content (AvgIpc) is 2.84. The Morgan fingerprint density at radius 1 is 1.28 bits per heavy atom. The standard InChI is InChI=1S/C14H18N2S2/c1-11-3-5-12(6-4-11)14-16-13(10-18-14)9-17-8-2-7-15/h3-6,10H,2,7-9,15H2,1H3. The van der Waals surface area contributed by atoms with Gasteiger partial charge >= 0.3 is 0 Å². The van der Waals surface area contributed by atoms with Crippen molar-refractivity contribution >= 4 is 23.1 Å². The summed E-state index contributed by atoms with van der Waals surface area (Å²) in [4.78, 5) is 4.67. The average molecular weight is 278 g/mol. The molecule has 18 heavy (non-hydrogen) atoms. The monoisotopic (exact) mass is 278 g/mol. The lowest BCUT2D eigenvalue weighted by Gasteiger charge is -1.98. The number of hydrogen-bond acceptors (Lipinski definition) is 4. The van der Waals surface area contributed by atoms with Crippen LogP contribution in [0.1, 0.15) is 17.7 Å². The van der Waals surface area contributed by atoms with Gasteiger partial charge in [0.05, 0.1) is 5.69 Å². The summed E-state index contributed by atoms with van der Waals surface area (Å²) in [6, 6.07) is 8.54. The van der Waals surface area contributed by atoms with Gasteiger partial charge in [-0.1, -0.05) is 29.8 Å². The Bertz CT molecular complexity index is 477. The van der Waals surface area contributed by atoms with E-state index in [0.717, 1.165) is 29.5 Å². The summed E-state index contributed by atoms with van der Waals surface area (Å²) in [6.45, 7) is 2.88. The molecular formula is C14H18N2S2.